The van der Waals surface area contributed by atoms with Crippen LogP contribution in [0, 0.1) is 0 Å². The second-order valence-corrected chi connectivity index (χ2v) is 6.14. The lowest BCUT2D eigenvalue weighted by atomic mass is 10.3. The molecule has 0 saturated carbocycles. The molecule has 1 aliphatic rings. The fourth-order valence-electron chi connectivity index (χ4n) is 2.21. The summed E-state index contributed by atoms with van der Waals surface area (Å²) < 4.78 is 1.97. The Morgan fingerprint density at radius 2 is 2.17 bits per heavy atom. The van der Waals surface area contributed by atoms with Gasteiger partial charge in [0.1, 0.15) is 5.69 Å². The Labute approximate surface area is 113 Å². The lowest BCUT2D eigenvalue weighted by molar-refractivity contribution is 0.0756. The highest BCUT2D eigenvalue weighted by atomic mass is 32.2. The smallest absolute Gasteiger partial charge is 0.270 e. The SMILES string of the molecule is CC(C)n1cc(N)cc1C(=O)N1CCCSCC1. The lowest BCUT2D eigenvalue weighted by Gasteiger charge is -2.21. The minimum absolute atomic E-state index is 0.114. The maximum Gasteiger partial charge on any atom is 0.270 e. The van der Waals surface area contributed by atoms with Crippen molar-refractivity contribution in [3.63, 3.8) is 0 Å². The van der Waals surface area contributed by atoms with E-state index < -0.39 is 0 Å². The van der Waals surface area contributed by atoms with Crippen LogP contribution >= 0.6 is 11.8 Å². The van der Waals surface area contributed by atoms with E-state index >= 15 is 0 Å². The molecule has 1 saturated heterocycles. The zero-order chi connectivity index (χ0) is 13.1. The summed E-state index contributed by atoms with van der Waals surface area (Å²) in [5, 5.41) is 0. The van der Waals surface area contributed by atoms with Gasteiger partial charge in [0, 0.05) is 31.1 Å². The topological polar surface area (TPSA) is 51.3 Å². The molecule has 100 valence electrons. The van der Waals surface area contributed by atoms with Crippen LogP contribution in [-0.2, 0) is 0 Å². The molecule has 2 N–H and O–H groups in total. The zero-order valence-electron chi connectivity index (χ0n) is 11.1. The molecule has 1 aromatic heterocycles. The number of hydrogen-bond acceptors (Lipinski definition) is 3. The summed E-state index contributed by atoms with van der Waals surface area (Å²) in [6, 6.07) is 2.04. The van der Waals surface area contributed by atoms with E-state index in [0.29, 0.717) is 5.69 Å². The maximum atomic E-state index is 12.5. The quantitative estimate of drug-likeness (QED) is 0.894. The van der Waals surface area contributed by atoms with Gasteiger partial charge in [0.05, 0.1) is 5.69 Å². The van der Waals surface area contributed by atoms with Crippen LogP contribution in [0.25, 0.3) is 0 Å². The van der Waals surface area contributed by atoms with Crippen molar-refractivity contribution in [1.82, 2.24) is 9.47 Å². The van der Waals surface area contributed by atoms with Crippen LogP contribution in [0.5, 0.6) is 0 Å². The Kier molecular flexibility index (Phi) is 4.22. The second-order valence-electron chi connectivity index (χ2n) is 4.92. The van der Waals surface area contributed by atoms with Gasteiger partial charge >= 0.3 is 0 Å². The highest BCUT2D eigenvalue weighted by Gasteiger charge is 2.21. The van der Waals surface area contributed by atoms with Crippen LogP contribution in [0.2, 0.25) is 0 Å². The van der Waals surface area contributed by atoms with Crippen molar-refractivity contribution in [2.45, 2.75) is 26.3 Å². The number of carbonyl (C=O) groups is 1. The second kappa shape index (κ2) is 5.69. The first-order chi connectivity index (χ1) is 8.59. The first kappa shape index (κ1) is 13.3. The number of nitrogens with zero attached hydrogens (tertiary/aromatic N) is 2. The van der Waals surface area contributed by atoms with Gasteiger partial charge in [-0.15, -0.1) is 0 Å². The summed E-state index contributed by atoms with van der Waals surface area (Å²) in [5.41, 5.74) is 7.20. The van der Waals surface area contributed by atoms with Gasteiger partial charge in [-0.25, -0.2) is 0 Å². The summed E-state index contributed by atoms with van der Waals surface area (Å²) in [5.74, 6) is 2.30. The molecule has 0 spiro atoms. The third-order valence-electron chi connectivity index (χ3n) is 3.15. The molecule has 1 aromatic rings. The van der Waals surface area contributed by atoms with E-state index in [2.05, 4.69) is 13.8 Å². The fraction of sp³-hybridized carbons (Fsp3) is 0.615. The van der Waals surface area contributed by atoms with Crippen molar-refractivity contribution < 1.29 is 4.79 Å². The molecular formula is C13H21N3OS. The van der Waals surface area contributed by atoms with E-state index in [9.17, 15) is 4.79 Å². The number of anilines is 1. The average Bonchev–Trinajstić information content (AvgIpc) is 2.56. The van der Waals surface area contributed by atoms with E-state index in [4.69, 9.17) is 5.73 Å². The standard InChI is InChI=1S/C13H21N3OS/c1-10(2)16-9-11(14)8-12(16)13(17)15-4-3-6-18-7-5-15/h8-10H,3-7,14H2,1-2H3. The molecule has 0 aliphatic carbocycles. The van der Waals surface area contributed by atoms with Crippen molar-refractivity contribution in [3.05, 3.63) is 18.0 Å². The number of hydrogen-bond donors (Lipinski definition) is 1. The zero-order valence-corrected chi connectivity index (χ0v) is 11.9. The van der Waals surface area contributed by atoms with Crippen molar-refractivity contribution in [1.29, 1.82) is 0 Å². The van der Waals surface area contributed by atoms with Crippen LogP contribution < -0.4 is 5.73 Å². The maximum absolute atomic E-state index is 12.5. The Hall–Kier alpha value is -1.10. The Balaban J connectivity index is 2.21. The molecule has 1 amide bonds. The molecule has 2 heterocycles. The average molecular weight is 267 g/mol. The van der Waals surface area contributed by atoms with E-state index in [1.54, 1.807) is 6.07 Å². The molecule has 0 bridgehead atoms. The van der Waals surface area contributed by atoms with Crippen molar-refractivity contribution in [2.24, 2.45) is 0 Å². The molecule has 4 nitrogen and oxygen atoms in total. The normalized spacial score (nSPS) is 16.9. The number of nitrogen functional groups attached to an aromatic ring is 1. The van der Waals surface area contributed by atoms with Crippen molar-refractivity contribution >= 4 is 23.4 Å². The summed E-state index contributed by atoms with van der Waals surface area (Å²) in [6.45, 7) is 5.82. The number of aromatic nitrogens is 1. The molecule has 1 aliphatic heterocycles. The monoisotopic (exact) mass is 267 g/mol. The minimum atomic E-state index is 0.114. The molecule has 0 aromatic carbocycles. The van der Waals surface area contributed by atoms with Crippen LogP contribution in [0.1, 0.15) is 36.8 Å². The van der Waals surface area contributed by atoms with E-state index in [0.717, 1.165) is 36.7 Å². The Morgan fingerprint density at radius 1 is 1.39 bits per heavy atom. The number of carbonyl (C=O) groups excluding carboxylic acids is 1. The summed E-state index contributed by atoms with van der Waals surface area (Å²) >= 11 is 1.92. The van der Waals surface area contributed by atoms with Crippen molar-refractivity contribution in [2.75, 3.05) is 30.3 Å². The van der Waals surface area contributed by atoms with E-state index in [1.165, 1.54) is 0 Å². The van der Waals surface area contributed by atoms with Gasteiger partial charge in [-0.05, 0) is 32.1 Å². The van der Waals surface area contributed by atoms with Gasteiger partial charge in [-0.2, -0.15) is 11.8 Å². The van der Waals surface area contributed by atoms with Crippen LogP contribution in [-0.4, -0.2) is 40.0 Å². The van der Waals surface area contributed by atoms with E-state index in [-0.39, 0.29) is 11.9 Å². The predicted octanol–water partition coefficient (Wildman–Crippen LogP) is 2.23. The summed E-state index contributed by atoms with van der Waals surface area (Å²) in [7, 11) is 0. The van der Waals surface area contributed by atoms with Gasteiger partial charge in [-0.1, -0.05) is 0 Å². The van der Waals surface area contributed by atoms with Gasteiger partial charge < -0.3 is 15.2 Å². The molecule has 1 fully saturated rings. The highest BCUT2D eigenvalue weighted by Crippen LogP contribution is 2.20. The fourth-order valence-corrected chi connectivity index (χ4v) is 3.10. The van der Waals surface area contributed by atoms with Crippen LogP contribution in [0.15, 0.2) is 12.3 Å². The number of rotatable bonds is 2. The molecule has 0 radical (unpaired) electrons. The number of nitrogens with two attached hydrogens (primary N) is 1. The van der Waals surface area contributed by atoms with Gasteiger partial charge in [0.25, 0.3) is 5.91 Å². The van der Waals surface area contributed by atoms with Crippen LogP contribution in [0.4, 0.5) is 5.69 Å². The van der Waals surface area contributed by atoms with Crippen molar-refractivity contribution in [3.8, 4) is 0 Å². The Bertz CT molecular complexity index is 420. The third kappa shape index (κ3) is 2.83. The molecular weight excluding hydrogens is 246 g/mol. The number of amides is 1. The highest BCUT2D eigenvalue weighted by molar-refractivity contribution is 7.99. The molecule has 2 rings (SSSR count). The Morgan fingerprint density at radius 3 is 2.89 bits per heavy atom. The van der Waals surface area contributed by atoms with Gasteiger partial charge in [-0.3, -0.25) is 4.79 Å². The van der Waals surface area contributed by atoms with Crippen LogP contribution in [0.3, 0.4) is 0 Å². The molecule has 0 atom stereocenters. The largest absolute Gasteiger partial charge is 0.397 e. The molecule has 0 unspecified atom stereocenters. The lowest BCUT2D eigenvalue weighted by Crippen LogP contribution is -2.34. The first-order valence-electron chi connectivity index (χ1n) is 6.44. The van der Waals surface area contributed by atoms with Gasteiger partial charge in [0.15, 0.2) is 0 Å². The van der Waals surface area contributed by atoms with E-state index in [1.807, 2.05) is 27.4 Å². The minimum Gasteiger partial charge on any atom is -0.397 e. The summed E-state index contributed by atoms with van der Waals surface area (Å²) in [6.07, 6.45) is 2.93. The third-order valence-corrected chi connectivity index (χ3v) is 4.20. The molecule has 18 heavy (non-hydrogen) atoms. The predicted molar refractivity (Wildman–Crippen MR) is 77.1 cm³/mol. The first-order valence-corrected chi connectivity index (χ1v) is 7.59. The van der Waals surface area contributed by atoms with Gasteiger partial charge in [0.2, 0.25) is 0 Å². The molecule has 5 heteroatoms. The number of thioether (sulfide) groups is 1. The summed E-state index contributed by atoms with van der Waals surface area (Å²) in [4.78, 5) is 14.5.